The highest BCUT2D eigenvalue weighted by atomic mass is 16.7. The topological polar surface area (TPSA) is 75.6 Å². The van der Waals surface area contributed by atoms with Crippen LogP contribution in [-0.4, -0.2) is 31.9 Å². The number of carbonyl (C=O) groups excluding carboxylic acids is 1. The number of ether oxygens (including phenoxy) is 5. The van der Waals surface area contributed by atoms with Gasteiger partial charge in [-0.05, 0) is 41.8 Å². The van der Waals surface area contributed by atoms with Crippen LogP contribution in [0, 0.1) is 0 Å². The van der Waals surface area contributed by atoms with Crippen molar-refractivity contribution in [1.82, 2.24) is 0 Å². The largest absolute Gasteiger partial charge is 0.461 e. The first-order chi connectivity index (χ1) is 14.1. The number of fused-ring (bicyclic) bond motifs is 8. The molecular weight excluding hydrogens is 374 g/mol. The second-order valence-electron chi connectivity index (χ2n) is 7.93. The Labute approximate surface area is 167 Å². The summed E-state index contributed by atoms with van der Waals surface area (Å²) in [5, 5.41) is 0. The molecule has 0 saturated carbocycles. The first kappa shape index (κ1) is 16.7. The Hall–Kier alpha value is -3.22. The van der Waals surface area contributed by atoms with Crippen LogP contribution in [0.3, 0.4) is 0 Å². The molecule has 3 heterocycles. The lowest BCUT2D eigenvalue weighted by atomic mass is 9.61. The van der Waals surface area contributed by atoms with Crippen LogP contribution < -0.4 is 18.9 Å². The van der Waals surface area contributed by atoms with E-state index in [-0.39, 0.29) is 31.7 Å². The van der Waals surface area contributed by atoms with E-state index < -0.39 is 5.41 Å². The third-order valence-electron chi connectivity index (χ3n) is 6.39. The van der Waals surface area contributed by atoms with Crippen molar-refractivity contribution < 1.29 is 28.5 Å². The van der Waals surface area contributed by atoms with Crippen LogP contribution in [0.4, 0.5) is 0 Å². The van der Waals surface area contributed by atoms with Gasteiger partial charge in [0.2, 0.25) is 13.6 Å². The minimum absolute atomic E-state index is 0.194. The van der Waals surface area contributed by atoms with Gasteiger partial charge in [0.05, 0.1) is 11.5 Å². The average Bonchev–Trinajstić information content (AvgIpc) is 3.35. The molecule has 3 aliphatic heterocycles. The van der Waals surface area contributed by atoms with E-state index >= 15 is 0 Å². The normalized spacial score (nSPS) is 27.1. The molecule has 0 unspecified atom stereocenters. The minimum Gasteiger partial charge on any atom is -0.461 e. The van der Waals surface area contributed by atoms with Gasteiger partial charge in [-0.1, -0.05) is 6.07 Å². The first-order valence-corrected chi connectivity index (χ1v) is 9.61. The molecule has 0 amide bonds. The lowest BCUT2D eigenvalue weighted by molar-refractivity contribution is -0.151. The Bertz CT molecular complexity index is 1090. The lowest BCUT2D eigenvalue weighted by Gasteiger charge is -2.48. The predicted octanol–water partition coefficient (Wildman–Crippen LogP) is 3.06. The van der Waals surface area contributed by atoms with Gasteiger partial charge < -0.3 is 23.7 Å². The van der Waals surface area contributed by atoms with E-state index in [0.717, 1.165) is 33.8 Å². The third kappa shape index (κ3) is 2.18. The molecule has 0 fully saturated rings. The van der Waals surface area contributed by atoms with Crippen LogP contribution in [0.1, 0.15) is 42.1 Å². The number of rotatable bonds is 1. The quantitative estimate of drug-likeness (QED) is 0.693. The molecule has 0 aromatic heterocycles. The molecule has 0 bridgehead atoms. The van der Waals surface area contributed by atoms with Crippen molar-refractivity contribution in [2.75, 3.05) is 13.6 Å². The van der Waals surface area contributed by atoms with E-state index in [9.17, 15) is 4.79 Å². The highest BCUT2D eigenvalue weighted by molar-refractivity contribution is 5.90. The maximum atomic E-state index is 12.0. The van der Waals surface area contributed by atoms with Gasteiger partial charge in [-0.15, -0.1) is 0 Å². The van der Waals surface area contributed by atoms with E-state index in [4.69, 9.17) is 28.7 Å². The van der Waals surface area contributed by atoms with E-state index in [1.807, 2.05) is 30.5 Å². The minimum atomic E-state index is -0.558. The summed E-state index contributed by atoms with van der Waals surface area (Å²) >= 11 is 0. The van der Waals surface area contributed by atoms with Crippen LogP contribution in [-0.2, 0) is 21.4 Å². The Morgan fingerprint density at radius 3 is 2.69 bits per heavy atom. The zero-order valence-electron chi connectivity index (χ0n) is 16.1. The maximum Gasteiger partial charge on any atom is 0.302 e. The molecule has 3 atom stereocenters. The summed E-state index contributed by atoms with van der Waals surface area (Å²) in [6.07, 6.45) is 2.04. The van der Waals surface area contributed by atoms with Crippen LogP contribution in [0.2, 0.25) is 0 Å². The molecule has 29 heavy (non-hydrogen) atoms. The molecule has 0 N–H and O–H groups in total. The van der Waals surface area contributed by atoms with E-state index in [1.54, 1.807) is 0 Å². The average molecular weight is 393 g/mol. The molecule has 0 spiro atoms. The third-order valence-corrected chi connectivity index (χ3v) is 6.39. The van der Waals surface area contributed by atoms with Crippen molar-refractivity contribution in [3.8, 4) is 23.0 Å². The summed E-state index contributed by atoms with van der Waals surface area (Å²) < 4.78 is 28.3. The molecule has 0 radical (unpaired) electrons. The molecule has 6 rings (SSSR count). The molecule has 148 valence electrons. The molecule has 7 heteroatoms. The van der Waals surface area contributed by atoms with Gasteiger partial charge >= 0.3 is 5.97 Å². The second kappa shape index (κ2) is 5.65. The van der Waals surface area contributed by atoms with Gasteiger partial charge in [-0.3, -0.25) is 9.79 Å². The van der Waals surface area contributed by atoms with E-state index in [0.29, 0.717) is 17.9 Å². The molecule has 1 aliphatic carbocycles. The van der Waals surface area contributed by atoms with Gasteiger partial charge in [0, 0.05) is 25.1 Å². The summed E-state index contributed by atoms with van der Waals surface area (Å²) in [5.74, 6) is 2.54. The fourth-order valence-electron chi connectivity index (χ4n) is 5.00. The highest BCUT2D eigenvalue weighted by Crippen LogP contribution is 2.56. The first-order valence-electron chi connectivity index (χ1n) is 9.61. The number of aliphatic imine (C=N–C) groups is 1. The zero-order chi connectivity index (χ0) is 19.8. The summed E-state index contributed by atoms with van der Waals surface area (Å²) in [6.45, 7) is 3.96. The molecule has 2 aromatic rings. The van der Waals surface area contributed by atoms with Gasteiger partial charge in [-0.2, -0.15) is 0 Å². The van der Waals surface area contributed by atoms with Crippen LogP contribution in [0.5, 0.6) is 23.0 Å². The van der Waals surface area contributed by atoms with Crippen molar-refractivity contribution in [1.29, 1.82) is 0 Å². The predicted molar refractivity (Wildman–Crippen MR) is 102 cm³/mol. The monoisotopic (exact) mass is 393 g/mol. The highest BCUT2D eigenvalue weighted by Gasteiger charge is 2.53. The number of esters is 1. The molecule has 4 aliphatic rings. The molecular formula is C22H19NO6. The van der Waals surface area contributed by atoms with Crippen molar-refractivity contribution in [2.24, 2.45) is 4.99 Å². The van der Waals surface area contributed by atoms with Gasteiger partial charge in [-0.25, -0.2) is 0 Å². The van der Waals surface area contributed by atoms with Gasteiger partial charge in [0.1, 0.15) is 6.10 Å². The van der Waals surface area contributed by atoms with E-state index in [2.05, 4.69) is 6.92 Å². The second-order valence-corrected chi connectivity index (χ2v) is 7.93. The van der Waals surface area contributed by atoms with Gasteiger partial charge in [0.25, 0.3) is 0 Å². The summed E-state index contributed by atoms with van der Waals surface area (Å²) in [6, 6.07) is 7.73. The maximum absolute atomic E-state index is 12.0. The Balaban J connectivity index is 1.57. The van der Waals surface area contributed by atoms with Crippen molar-refractivity contribution in [2.45, 2.75) is 37.8 Å². The number of benzene rings is 2. The lowest BCUT2D eigenvalue weighted by Crippen LogP contribution is -2.50. The summed E-state index contributed by atoms with van der Waals surface area (Å²) in [4.78, 5) is 16.9. The molecule has 2 aromatic carbocycles. The summed E-state index contributed by atoms with van der Waals surface area (Å²) in [7, 11) is 0. The molecule has 0 saturated heterocycles. The Morgan fingerprint density at radius 2 is 1.86 bits per heavy atom. The SMILES string of the molecule is CC(=O)O[C@H]1Cc2cc3c(cc2[C@@H]2N=Cc4c(ccc5c4OCO5)[C@@]12C)OCO3. The summed E-state index contributed by atoms with van der Waals surface area (Å²) in [5.41, 5.74) is 3.50. The van der Waals surface area contributed by atoms with Crippen molar-refractivity contribution in [3.63, 3.8) is 0 Å². The number of carbonyl (C=O) groups is 1. The smallest absolute Gasteiger partial charge is 0.302 e. The van der Waals surface area contributed by atoms with Crippen LogP contribution in [0.25, 0.3) is 0 Å². The van der Waals surface area contributed by atoms with Crippen molar-refractivity contribution in [3.05, 3.63) is 46.5 Å². The van der Waals surface area contributed by atoms with Gasteiger partial charge in [0.15, 0.2) is 23.0 Å². The zero-order valence-corrected chi connectivity index (χ0v) is 16.1. The fourth-order valence-corrected chi connectivity index (χ4v) is 5.00. The standard InChI is InChI=1S/C22H19NO6/c1-11(24)29-19-6-12-5-17-18(27-9-26-17)7-13(12)21-22(19,2)15-3-4-16-20(28-10-25-16)14(15)8-23-21/h3-5,7-8,19,21H,6,9-10H2,1-2H3/t19-,21-,22-/m0/s1. The molecule has 7 nitrogen and oxygen atoms in total. The number of hydrogen-bond acceptors (Lipinski definition) is 7. The van der Waals surface area contributed by atoms with Crippen LogP contribution >= 0.6 is 0 Å². The van der Waals surface area contributed by atoms with Crippen molar-refractivity contribution >= 4 is 12.2 Å². The number of hydrogen-bond donors (Lipinski definition) is 0. The van der Waals surface area contributed by atoms with E-state index in [1.165, 1.54) is 6.92 Å². The van der Waals surface area contributed by atoms with Crippen LogP contribution in [0.15, 0.2) is 29.3 Å². The number of nitrogens with zero attached hydrogens (tertiary/aromatic N) is 1. The fraction of sp³-hybridized carbons (Fsp3) is 0.364. The Kier molecular flexibility index (Phi) is 3.26. The Morgan fingerprint density at radius 1 is 1.10 bits per heavy atom.